The van der Waals surface area contributed by atoms with Crippen molar-refractivity contribution >= 4 is 57.1 Å². The highest BCUT2D eigenvalue weighted by Gasteiger charge is 2.27. The molecule has 4 N–H and O–H groups in total. The van der Waals surface area contributed by atoms with Crippen molar-refractivity contribution in [2.75, 3.05) is 10.6 Å². The summed E-state index contributed by atoms with van der Waals surface area (Å²) in [5.41, 5.74) is -0.229. The van der Waals surface area contributed by atoms with Gasteiger partial charge in [0.15, 0.2) is 0 Å². The van der Waals surface area contributed by atoms with Crippen molar-refractivity contribution in [3.05, 3.63) is 124 Å². The second-order valence-electron chi connectivity index (χ2n) is 11.4. The molecule has 0 fully saturated rings. The number of nitrogens with one attached hydrogen (secondary N) is 3. The second kappa shape index (κ2) is 15.0. The molecule has 250 valence electrons. The van der Waals surface area contributed by atoms with Gasteiger partial charge in [0.25, 0.3) is 10.0 Å². The standard InChI is InChI=1S/C34H32ClN3O9S/c1-34(2,3)47-31(41)26-19-23(14-17-28(26)36-33(43)46-20-22-12-8-5-9-13-22)48(44,45)38-32(42)37-29-24(30(39)40)15-16-27(35)25(29)18-21-10-6-4-7-11-21/h4-17,19H,18,20H2,1-3H3,(H,36,43)(H,39,40)(H2,37,38,42). The third-order valence-corrected chi connectivity index (χ3v) is 8.23. The maximum absolute atomic E-state index is 13.4. The van der Waals surface area contributed by atoms with Crippen LogP contribution in [0.4, 0.5) is 21.0 Å². The van der Waals surface area contributed by atoms with E-state index >= 15 is 0 Å². The molecule has 4 aromatic carbocycles. The fraction of sp³-hybridized carbons (Fsp3) is 0.176. The number of carboxylic acids is 1. The van der Waals surface area contributed by atoms with Gasteiger partial charge in [0, 0.05) is 11.4 Å². The number of urea groups is 1. The maximum atomic E-state index is 13.4. The van der Waals surface area contributed by atoms with E-state index in [-0.39, 0.29) is 46.1 Å². The van der Waals surface area contributed by atoms with Crippen LogP contribution in [0.5, 0.6) is 0 Å². The van der Waals surface area contributed by atoms with Gasteiger partial charge in [-0.25, -0.2) is 32.3 Å². The lowest BCUT2D eigenvalue weighted by molar-refractivity contribution is 0.00702. The average molecular weight is 694 g/mol. The average Bonchev–Trinajstić information content (AvgIpc) is 3.01. The Kier molecular flexibility index (Phi) is 11.1. The molecule has 0 radical (unpaired) electrons. The number of hydrogen-bond donors (Lipinski definition) is 4. The molecule has 0 aromatic heterocycles. The molecule has 0 atom stereocenters. The number of aromatic carboxylic acids is 1. The van der Waals surface area contributed by atoms with Gasteiger partial charge in [-0.15, -0.1) is 0 Å². The molecule has 4 rings (SSSR count). The summed E-state index contributed by atoms with van der Waals surface area (Å²) in [5.74, 6) is -2.34. The zero-order valence-corrected chi connectivity index (χ0v) is 27.6. The Morgan fingerprint density at radius 3 is 2.04 bits per heavy atom. The number of sulfonamides is 1. The van der Waals surface area contributed by atoms with E-state index < -0.39 is 44.6 Å². The van der Waals surface area contributed by atoms with Crippen molar-refractivity contribution in [1.29, 1.82) is 0 Å². The number of esters is 1. The molecule has 0 aliphatic carbocycles. The SMILES string of the molecule is CC(C)(C)OC(=O)c1cc(S(=O)(=O)NC(=O)Nc2c(C(=O)O)ccc(Cl)c2Cc2ccccc2)ccc1NC(=O)OCc1ccccc1. The van der Waals surface area contributed by atoms with E-state index in [0.29, 0.717) is 5.56 Å². The van der Waals surface area contributed by atoms with Gasteiger partial charge < -0.3 is 19.9 Å². The second-order valence-corrected chi connectivity index (χ2v) is 13.5. The third-order valence-electron chi connectivity index (χ3n) is 6.55. The summed E-state index contributed by atoms with van der Waals surface area (Å²) >= 11 is 6.40. The number of halogens is 1. The zero-order chi connectivity index (χ0) is 35.1. The van der Waals surface area contributed by atoms with Gasteiger partial charge in [0.2, 0.25) is 0 Å². The lowest BCUT2D eigenvalue weighted by Gasteiger charge is -2.21. The number of carbonyl (C=O) groups excluding carboxylic acids is 3. The van der Waals surface area contributed by atoms with Crippen LogP contribution in [0.2, 0.25) is 5.02 Å². The molecule has 0 aliphatic heterocycles. The normalized spacial score (nSPS) is 11.2. The predicted octanol–water partition coefficient (Wildman–Crippen LogP) is 6.84. The number of carbonyl (C=O) groups is 4. The van der Waals surface area contributed by atoms with Crippen molar-refractivity contribution in [1.82, 2.24) is 4.72 Å². The van der Waals surface area contributed by atoms with Gasteiger partial charge in [-0.05, 0) is 67.8 Å². The van der Waals surface area contributed by atoms with Crippen LogP contribution in [0.15, 0.2) is 95.9 Å². The van der Waals surface area contributed by atoms with Crippen molar-refractivity contribution in [3.63, 3.8) is 0 Å². The molecule has 0 saturated carbocycles. The molecule has 3 amide bonds. The number of anilines is 2. The van der Waals surface area contributed by atoms with Crippen LogP contribution in [0.25, 0.3) is 0 Å². The van der Waals surface area contributed by atoms with Crippen molar-refractivity contribution in [2.24, 2.45) is 0 Å². The van der Waals surface area contributed by atoms with Crippen LogP contribution in [0.1, 0.15) is 58.2 Å². The first-order valence-corrected chi connectivity index (χ1v) is 16.3. The Morgan fingerprint density at radius 2 is 1.44 bits per heavy atom. The van der Waals surface area contributed by atoms with Gasteiger partial charge in [0.1, 0.15) is 12.2 Å². The summed E-state index contributed by atoms with van der Waals surface area (Å²) in [5, 5.41) is 14.7. The fourth-order valence-corrected chi connectivity index (χ4v) is 5.56. The summed E-state index contributed by atoms with van der Waals surface area (Å²) in [4.78, 5) is 50.3. The molecule has 0 saturated heterocycles. The summed E-state index contributed by atoms with van der Waals surface area (Å²) in [6, 6.07) is 22.2. The van der Waals surface area contributed by atoms with E-state index in [1.165, 1.54) is 12.1 Å². The van der Waals surface area contributed by atoms with E-state index in [4.69, 9.17) is 21.1 Å². The highest BCUT2D eigenvalue weighted by molar-refractivity contribution is 7.90. The highest BCUT2D eigenvalue weighted by Crippen LogP contribution is 2.31. The van der Waals surface area contributed by atoms with Crippen LogP contribution in [-0.2, 0) is 32.5 Å². The van der Waals surface area contributed by atoms with Crippen molar-refractivity contribution < 1.29 is 42.2 Å². The number of carboxylic acid groups (broad SMARTS) is 1. The predicted molar refractivity (Wildman–Crippen MR) is 179 cm³/mol. The Morgan fingerprint density at radius 1 is 0.812 bits per heavy atom. The molecule has 0 bridgehead atoms. The monoisotopic (exact) mass is 693 g/mol. The number of benzene rings is 4. The Balaban J connectivity index is 1.60. The van der Waals surface area contributed by atoms with E-state index in [0.717, 1.165) is 23.8 Å². The number of hydrogen-bond acceptors (Lipinski definition) is 8. The van der Waals surface area contributed by atoms with Gasteiger partial charge >= 0.3 is 24.1 Å². The zero-order valence-electron chi connectivity index (χ0n) is 26.1. The molecular weight excluding hydrogens is 662 g/mol. The molecule has 4 aromatic rings. The Labute approximate surface area is 282 Å². The maximum Gasteiger partial charge on any atom is 0.411 e. The minimum Gasteiger partial charge on any atom is -0.478 e. The molecule has 0 heterocycles. The van der Waals surface area contributed by atoms with E-state index in [2.05, 4.69) is 10.6 Å². The van der Waals surface area contributed by atoms with E-state index in [1.54, 1.807) is 81.4 Å². The molecular formula is C34H32ClN3O9S. The first-order chi connectivity index (χ1) is 22.6. The van der Waals surface area contributed by atoms with Gasteiger partial charge in [-0.1, -0.05) is 72.3 Å². The fourth-order valence-electron chi connectivity index (χ4n) is 4.41. The topological polar surface area (TPSA) is 177 Å². The summed E-state index contributed by atoms with van der Waals surface area (Å²) in [6.45, 7) is 4.74. The Bertz CT molecular complexity index is 1950. The largest absolute Gasteiger partial charge is 0.478 e. The van der Waals surface area contributed by atoms with Crippen LogP contribution >= 0.6 is 11.6 Å². The summed E-state index contributed by atoms with van der Waals surface area (Å²) in [7, 11) is -4.68. The molecule has 0 aliphatic rings. The number of rotatable bonds is 10. The van der Waals surface area contributed by atoms with E-state index in [1.807, 2.05) is 4.72 Å². The van der Waals surface area contributed by atoms with Gasteiger partial charge in [-0.2, -0.15) is 0 Å². The van der Waals surface area contributed by atoms with Gasteiger partial charge in [-0.3, -0.25) is 5.32 Å². The Hall–Kier alpha value is -5.40. The lowest BCUT2D eigenvalue weighted by Crippen LogP contribution is -2.35. The highest BCUT2D eigenvalue weighted by atomic mass is 35.5. The van der Waals surface area contributed by atoms with Crippen molar-refractivity contribution in [2.45, 2.75) is 44.3 Å². The lowest BCUT2D eigenvalue weighted by atomic mass is 9.99. The van der Waals surface area contributed by atoms with Gasteiger partial charge in [0.05, 0.1) is 27.4 Å². The minimum absolute atomic E-state index is 0.0662. The smallest absolute Gasteiger partial charge is 0.411 e. The molecule has 0 unspecified atom stereocenters. The molecule has 12 nitrogen and oxygen atoms in total. The number of amides is 3. The summed E-state index contributed by atoms with van der Waals surface area (Å²) in [6.07, 6.45) is -0.788. The van der Waals surface area contributed by atoms with Crippen LogP contribution in [-0.4, -0.2) is 43.2 Å². The van der Waals surface area contributed by atoms with Crippen LogP contribution in [0.3, 0.4) is 0 Å². The first-order valence-electron chi connectivity index (χ1n) is 14.4. The number of ether oxygens (including phenoxy) is 2. The first kappa shape index (κ1) is 35.5. The minimum atomic E-state index is -4.68. The quantitative estimate of drug-likeness (QED) is 0.129. The van der Waals surface area contributed by atoms with E-state index in [9.17, 15) is 32.7 Å². The van der Waals surface area contributed by atoms with Crippen LogP contribution < -0.4 is 15.4 Å². The molecule has 48 heavy (non-hydrogen) atoms. The molecule has 14 heteroatoms. The van der Waals surface area contributed by atoms with Crippen molar-refractivity contribution in [3.8, 4) is 0 Å². The summed E-state index contributed by atoms with van der Waals surface area (Å²) < 4.78 is 39.2. The molecule has 0 spiro atoms. The third kappa shape index (κ3) is 9.56. The van der Waals surface area contributed by atoms with Crippen LogP contribution in [0, 0.1) is 0 Å².